The second kappa shape index (κ2) is 9.50. The zero-order chi connectivity index (χ0) is 31.3. The van der Waals surface area contributed by atoms with Crippen molar-refractivity contribution in [2.75, 3.05) is 0 Å². The molecule has 3 aromatic heterocycles. The molecule has 4 heteroatoms. The van der Waals surface area contributed by atoms with Gasteiger partial charge in [0.15, 0.2) is 5.82 Å². The van der Waals surface area contributed by atoms with Crippen LogP contribution in [0.4, 0.5) is 0 Å². The summed E-state index contributed by atoms with van der Waals surface area (Å²) in [6.07, 6.45) is 0. The van der Waals surface area contributed by atoms with E-state index in [0.29, 0.717) is 5.82 Å². The normalized spacial score (nSPS) is 12.2. The molecule has 7 aromatic carbocycles. The molecule has 0 saturated carbocycles. The molecule has 0 fully saturated rings. The summed E-state index contributed by atoms with van der Waals surface area (Å²) in [5.41, 5.74) is 11.4. The van der Waals surface area contributed by atoms with Gasteiger partial charge in [-0.3, -0.25) is 4.57 Å². The Kier molecular flexibility index (Phi) is 5.08. The summed E-state index contributed by atoms with van der Waals surface area (Å²) < 4.78 is 4.78. The predicted molar refractivity (Wildman–Crippen MR) is 198 cm³/mol. The number of rotatable bonds is 4. The van der Waals surface area contributed by atoms with Crippen LogP contribution in [-0.2, 0) is 0 Å². The van der Waals surface area contributed by atoms with Crippen LogP contribution in [0.1, 0.15) is 0 Å². The van der Waals surface area contributed by atoms with Crippen LogP contribution in [0.2, 0.25) is 0 Å². The van der Waals surface area contributed by atoms with Crippen LogP contribution in [0.25, 0.3) is 99.7 Å². The highest BCUT2D eigenvalue weighted by molar-refractivity contribution is 6.38. The SMILES string of the molecule is c1ccc(-c2cc(-n3c4cccc5c4c4c6c(ccc7c6c6c-5cccc6n7-c5ccccc5)ccc43)nc(-c3ccccc3)n2)cc1. The smallest absolute Gasteiger partial charge is 0.162 e. The summed E-state index contributed by atoms with van der Waals surface area (Å²) in [5, 5.41) is 7.69. The Morgan fingerprint density at radius 1 is 0.375 bits per heavy atom. The van der Waals surface area contributed by atoms with Crippen molar-refractivity contribution in [2.45, 2.75) is 0 Å². The Balaban J connectivity index is 1.32. The summed E-state index contributed by atoms with van der Waals surface area (Å²) in [4.78, 5) is 10.4. The highest BCUT2D eigenvalue weighted by Gasteiger charge is 2.27. The van der Waals surface area contributed by atoms with Gasteiger partial charge in [-0.2, -0.15) is 0 Å². The fourth-order valence-electron chi connectivity index (χ4n) is 8.09. The maximum atomic E-state index is 5.29. The van der Waals surface area contributed by atoms with Crippen molar-refractivity contribution in [3.8, 4) is 45.3 Å². The molecule has 4 nitrogen and oxygen atoms in total. The molecule has 222 valence electrons. The average Bonchev–Trinajstić information content (AvgIpc) is 3.64. The van der Waals surface area contributed by atoms with Gasteiger partial charge in [0.25, 0.3) is 0 Å². The van der Waals surface area contributed by atoms with E-state index in [1.54, 1.807) is 0 Å². The Bertz CT molecular complexity index is 2860. The maximum absolute atomic E-state index is 5.29. The maximum Gasteiger partial charge on any atom is 0.162 e. The van der Waals surface area contributed by atoms with Gasteiger partial charge in [0.2, 0.25) is 0 Å². The van der Waals surface area contributed by atoms with Crippen molar-refractivity contribution in [1.29, 1.82) is 0 Å². The van der Waals surface area contributed by atoms with E-state index in [4.69, 9.17) is 9.97 Å². The minimum Gasteiger partial charge on any atom is -0.309 e. The summed E-state index contributed by atoms with van der Waals surface area (Å²) >= 11 is 0. The molecule has 0 amide bonds. The molecule has 1 aliphatic carbocycles. The lowest BCUT2D eigenvalue weighted by Gasteiger charge is -2.13. The standard InChI is InChI=1S/C44H26N4/c1-4-12-27(13-5-1)33-26-38(46-44(45-33)29-14-6-2-7-15-29)48-35-21-11-19-32-31-18-10-20-34-40(31)42-36(47(34)30-16-8-3-9-17-30)24-22-28-23-25-37(48)43(39(28)42)41(32)35/h1-26H. The van der Waals surface area contributed by atoms with E-state index < -0.39 is 0 Å². The molecule has 11 rings (SSSR count). The van der Waals surface area contributed by atoms with Gasteiger partial charge in [0, 0.05) is 49.8 Å². The first-order valence-corrected chi connectivity index (χ1v) is 16.4. The van der Waals surface area contributed by atoms with Crippen LogP contribution in [-0.4, -0.2) is 19.1 Å². The zero-order valence-electron chi connectivity index (χ0n) is 25.8. The summed E-state index contributed by atoms with van der Waals surface area (Å²) in [6, 6.07) is 56.2. The molecule has 3 heterocycles. The Morgan fingerprint density at radius 2 is 0.917 bits per heavy atom. The zero-order valence-corrected chi connectivity index (χ0v) is 25.8. The van der Waals surface area contributed by atoms with E-state index in [0.717, 1.165) is 33.7 Å². The van der Waals surface area contributed by atoms with E-state index in [1.807, 2.05) is 24.3 Å². The van der Waals surface area contributed by atoms with Gasteiger partial charge in [0.05, 0.1) is 27.8 Å². The average molecular weight is 611 g/mol. The van der Waals surface area contributed by atoms with Gasteiger partial charge in [-0.25, -0.2) is 9.97 Å². The van der Waals surface area contributed by atoms with E-state index in [2.05, 4.69) is 143 Å². The minimum atomic E-state index is 0.709. The molecule has 0 radical (unpaired) electrons. The number of hydrogen-bond donors (Lipinski definition) is 0. The van der Waals surface area contributed by atoms with Crippen molar-refractivity contribution < 1.29 is 0 Å². The summed E-state index contributed by atoms with van der Waals surface area (Å²) in [7, 11) is 0. The Hall–Kier alpha value is -6.52. The third-order valence-electron chi connectivity index (χ3n) is 10.0. The van der Waals surface area contributed by atoms with Crippen LogP contribution < -0.4 is 0 Å². The van der Waals surface area contributed by atoms with Gasteiger partial charge >= 0.3 is 0 Å². The molecular weight excluding hydrogens is 585 g/mol. The lowest BCUT2D eigenvalue weighted by atomic mass is 9.98. The van der Waals surface area contributed by atoms with Gasteiger partial charge in [0.1, 0.15) is 5.82 Å². The third kappa shape index (κ3) is 3.38. The molecule has 0 unspecified atom stereocenters. The molecule has 48 heavy (non-hydrogen) atoms. The van der Waals surface area contributed by atoms with Crippen molar-refractivity contribution in [3.63, 3.8) is 0 Å². The lowest BCUT2D eigenvalue weighted by Crippen LogP contribution is -2.02. The van der Waals surface area contributed by atoms with Crippen molar-refractivity contribution in [2.24, 2.45) is 0 Å². The van der Waals surface area contributed by atoms with Crippen molar-refractivity contribution in [3.05, 3.63) is 158 Å². The molecule has 0 N–H and O–H groups in total. The second-order valence-electron chi connectivity index (χ2n) is 12.6. The predicted octanol–water partition coefficient (Wildman–Crippen LogP) is 11.1. The third-order valence-corrected chi connectivity index (χ3v) is 10.0. The van der Waals surface area contributed by atoms with Gasteiger partial charge in [-0.05, 0) is 52.9 Å². The molecule has 0 atom stereocenters. The quantitative estimate of drug-likeness (QED) is 0.199. The summed E-state index contributed by atoms with van der Waals surface area (Å²) in [6.45, 7) is 0. The fraction of sp³-hybridized carbons (Fsp3) is 0. The number of para-hydroxylation sites is 1. The molecular formula is C44H26N4. The van der Waals surface area contributed by atoms with Gasteiger partial charge < -0.3 is 4.57 Å². The molecule has 0 saturated heterocycles. The van der Waals surface area contributed by atoms with Gasteiger partial charge in [-0.1, -0.05) is 115 Å². The topological polar surface area (TPSA) is 35.6 Å². The number of nitrogens with zero attached hydrogens (tertiary/aromatic N) is 4. The molecule has 1 aliphatic rings. The number of fused-ring (bicyclic) bond motifs is 1. The lowest BCUT2D eigenvalue weighted by molar-refractivity contribution is 1.05. The first-order chi connectivity index (χ1) is 23.8. The highest BCUT2D eigenvalue weighted by Crippen LogP contribution is 2.51. The van der Waals surface area contributed by atoms with Crippen LogP contribution in [0.3, 0.4) is 0 Å². The van der Waals surface area contributed by atoms with Crippen LogP contribution in [0.5, 0.6) is 0 Å². The van der Waals surface area contributed by atoms with Crippen molar-refractivity contribution >= 4 is 54.4 Å². The van der Waals surface area contributed by atoms with Crippen molar-refractivity contribution in [1.82, 2.24) is 19.1 Å². The largest absolute Gasteiger partial charge is 0.309 e. The second-order valence-corrected chi connectivity index (χ2v) is 12.6. The molecule has 0 bridgehead atoms. The van der Waals surface area contributed by atoms with E-state index in [9.17, 15) is 0 Å². The molecule has 10 aromatic rings. The molecule has 0 spiro atoms. The van der Waals surface area contributed by atoms with E-state index in [-0.39, 0.29) is 0 Å². The Morgan fingerprint density at radius 3 is 1.56 bits per heavy atom. The first-order valence-electron chi connectivity index (χ1n) is 16.4. The number of benzene rings is 7. The molecule has 0 aliphatic heterocycles. The van der Waals surface area contributed by atoms with E-state index in [1.165, 1.54) is 60.2 Å². The van der Waals surface area contributed by atoms with E-state index >= 15 is 0 Å². The first kappa shape index (κ1) is 25.6. The highest BCUT2D eigenvalue weighted by atomic mass is 15.1. The van der Waals surface area contributed by atoms with Gasteiger partial charge in [-0.15, -0.1) is 0 Å². The Labute approximate surface area is 275 Å². The number of hydrogen-bond acceptors (Lipinski definition) is 2. The monoisotopic (exact) mass is 610 g/mol. The summed E-state index contributed by atoms with van der Waals surface area (Å²) in [5.74, 6) is 1.56. The fourth-order valence-corrected chi connectivity index (χ4v) is 8.09. The van der Waals surface area contributed by atoms with Crippen LogP contribution >= 0.6 is 0 Å². The van der Waals surface area contributed by atoms with Crippen LogP contribution in [0.15, 0.2) is 158 Å². The van der Waals surface area contributed by atoms with Crippen LogP contribution in [0, 0.1) is 0 Å². The number of aromatic nitrogens is 4. The minimum absolute atomic E-state index is 0.709.